The average Bonchev–Trinajstić information content (AvgIpc) is 2.49. The normalized spacial score (nSPS) is 17.2. The van der Waals surface area contributed by atoms with Crippen LogP contribution in [0.1, 0.15) is 5.56 Å². The summed E-state index contributed by atoms with van der Waals surface area (Å²) in [5, 5.41) is 2.59. The number of hydrogen-bond donors (Lipinski definition) is 1. The minimum absolute atomic E-state index is 0.0452. The van der Waals surface area contributed by atoms with Gasteiger partial charge in [0.2, 0.25) is 0 Å². The molecule has 1 aromatic rings. The predicted molar refractivity (Wildman–Crippen MR) is 93.9 cm³/mol. The first-order chi connectivity index (χ1) is 10.5. The van der Waals surface area contributed by atoms with E-state index in [1.54, 1.807) is 12.2 Å². The van der Waals surface area contributed by atoms with Crippen molar-refractivity contribution in [2.75, 3.05) is 6.54 Å². The molecule has 2 rings (SSSR count). The molecular weight excluding hydrogens is 364 g/mol. The quantitative estimate of drug-likeness (QED) is 0.380. The lowest BCUT2D eigenvalue weighted by Crippen LogP contribution is -2.53. The Balaban J connectivity index is 2.19. The Labute approximate surface area is 142 Å². The number of hydrogen-bond acceptors (Lipinski definition) is 3. The van der Waals surface area contributed by atoms with Crippen molar-refractivity contribution in [3.63, 3.8) is 0 Å². The molecule has 1 fully saturated rings. The van der Waals surface area contributed by atoms with E-state index in [1.807, 2.05) is 30.3 Å². The largest absolute Gasteiger partial charge is 0.298 e. The molecule has 1 N–H and O–H groups in total. The Kier molecular flexibility index (Phi) is 5.41. The van der Waals surface area contributed by atoms with Gasteiger partial charge in [-0.3, -0.25) is 19.8 Å². The summed E-state index contributed by atoms with van der Waals surface area (Å²) in [7, 11) is 0. The molecular formula is C16H13BrN2O2S. The van der Waals surface area contributed by atoms with E-state index >= 15 is 0 Å². The van der Waals surface area contributed by atoms with Crippen LogP contribution in [0.4, 0.5) is 0 Å². The Bertz CT molecular complexity index is 693. The highest BCUT2D eigenvalue weighted by atomic mass is 79.9. The second-order valence-electron chi connectivity index (χ2n) is 4.45. The number of carbonyl (C=O) groups is 2. The predicted octanol–water partition coefficient (Wildman–Crippen LogP) is 2.82. The number of nitrogens with zero attached hydrogens (tertiary/aromatic N) is 1. The monoisotopic (exact) mass is 376 g/mol. The number of rotatable bonds is 4. The molecule has 112 valence electrons. The number of nitrogens with one attached hydrogen (secondary N) is 1. The van der Waals surface area contributed by atoms with Crippen molar-refractivity contribution in [2.24, 2.45) is 0 Å². The van der Waals surface area contributed by atoms with E-state index in [0.29, 0.717) is 0 Å². The van der Waals surface area contributed by atoms with Gasteiger partial charge in [0.25, 0.3) is 11.8 Å². The summed E-state index contributed by atoms with van der Waals surface area (Å²) >= 11 is 8.34. The van der Waals surface area contributed by atoms with E-state index in [4.69, 9.17) is 12.2 Å². The van der Waals surface area contributed by atoms with Crippen molar-refractivity contribution in [3.8, 4) is 0 Å². The molecule has 0 unspecified atom stereocenters. The molecule has 1 saturated heterocycles. The number of halogens is 1. The Morgan fingerprint density at radius 1 is 1.27 bits per heavy atom. The van der Waals surface area contributed by atoms with E-state index in [9.17, 15) is 9.59 Å². The zero-order valence-corrected chi connectivity index (χ0v) is 14.0. The number of allylic oxidation sites excluding steroid dienone is 2. The molecule has 0 radical (unpaired) electrons. The van der Waals surface area contributed by atoms with Gasteiger partial charge in [0.1, 0.15) is 5.57 Å². The summed E-state index contributed by atoms with van der Waals surface area (Å²) < 4.78 is 0.985. The van der Waals surface area contributed by atoms with Crippen LogP contribution in [0.15, 0.2) is 59.1 Å². The van der Waals surface area contributed by atoms with Crippen molar-refractivity contribution in [1.82, 2.24) is 10.2 Å². The SMILES string of the molecule is C=CCN1C(=O)/C(=C\C=C\c2ccc(Br)cc2)C(=O)NC1=S. The number of benzene rings is 1. The number of thiocarbonyl (C=S) groups is 1. The highest BCUT2D eigenvalue weighted by Gasteiger charge is 2.31. The van der Waals surface area contributed by atoms with Gasteiger partial charge in [0, 0.05) is 11.0 Å². The first kappa shape index (κ1) is 16.3. The zero-order chi connectivity index (χ0) is 16.1. The van der Waals surface area contributed by atoms with Gasteiger partial charge in [0.15, 0.2) is 5.11 Å². The topological polar surface area (TPSA) is 49.4 Å². The maximum atomic E-state index is 12.2. The van der Waals surface area contributed by atoms with Crippen LogP contribution in [0.2, 0.25) is 0 Å². The highest BCUT2D eigenvalue weighted by molar-refractivity contribution is 9.10. The van der Waals surface area contributed by atoms with E-state index in [0.717, 1.165) is 10.0 Å². The zero-order valence-electron chi connectivity index (χ0n) is 11.6. The smallest absolute Gasteiger partial charge is 0.265 e. The van der Waals surface area contributed by atoms with Crippen molar-refractivity contribution >= 4 is 51.2 Å². The summed E-state index contributed by atoms with van der Waals surface area (Å²) in [6.07, 6.45) is 6.51. The van der Waals surface area contributed by atoms with Crippen LogP contribution in [0.5, 0.6) is 0 Å². The molecule has 0 bridgehead atoms. The fourth-order valence-electron chi connectivity index (χ4n) is 1.84. The molecule has 4 nitrogen and oxygen atoms in total. The lowest BCUT2D eigenvalue weighted by molar-refractivity contribution is -0.128. The third kappa shape index (κ3) is 3.78. The van der Waals surface area contributed by atoms with Crippen LogP contribution in [0.3, 0.4) is 0 Å². The maximum Gasteiger partial charge on any atom is 0.265 e. The van der Waals surface area contributed by atoms with Crippen LogP contribution in [0, 0.1) is 0 Å². The fraction of sp³-hybridized carbons (Fsp3) is 0.0625. The molecule has 0 aromatic heterocycles. The summed E-state index contributed by atoms with van der Waals surface area (Å²) in [4.78, 5) is 25.4. The lowest BCUT2D eigenvalue weighted by atomic mass is 10.1. The summed E-state index contributed by atoms with van der Waals surface area (Å²) in [5.41, 5.74) is 1.01. The van der Waals surface area contributed by atoms with Crippen LogP contribution in [-0.2, 0) is 9.59 Å². The second-order valence-corrected chi connectivity index (χ2v) is 5.76. The molecule has 0 atom stereocenters. The van der Waals surface area contributed by atoms with Gasteiger partial charge in [-0.1, -0.05) is 46.3 Å². The van der Waals surface area contributed by atoms with Crippen LogP contribution in [-0.4, -0.2) is 28.4 Å². The summed E-state index contributed by atoms with van der Waals surface area (Å²) in [6, 6.07) is 7.66. The van der Waals surface area contributed by atoms with Gasteiger partial charge in [-0.25, -0.2) is 0 Å². The highest BCUT2D eigenvalue weighted by Crippen LogP contribution is 2.13. The van der Waals surface area contributed by atoms with Gasteiger partial charge >= 0.3 is 0 Å². The molecule has 22 heavy (non-hydrogen) atoms. The van der Waals surface area contributed by atoms with Crippen molar-refractivity contribution < 1.29 is 9.59 Å². The Morgan fingerprint density at radius 2 is 1.95 bits per heavy atom. The molecule has 1 aromatic carbocycles. The second kappa shape index (κ2) is 7.29. The summed E-state index contributed by atoms with van der Waals surface area (Å²) in [5.74, 6) is -0.912. The average molecular weight is 377 g/mol. The first-order valence-corrected chi connectivity index (χ1v) is 7.65. The Hall–Kier alpha value is -2.05. The molecule has 1 aliphatic rings. The van der Waals surface area contributed by atoms with Crippen LogP contribution < -0.4 is 5.32 Å². The van der Waals surface area contributed by atoms with Gasteiger partial charge in [-0.15, -0.1) is 6.58 Å². The minimum Gasteiger partial charge on any atom is -0.298 e. The third-order valence-electron chi connectivity index (χ3n) is 2.92. The maximum absolute atomic E-state index is 12.2. The molecule has 0 aliphatic carbocycles. The lowest BCUT2D eigenvalue weighted by Gasteiger charge is -2.27. The first-order valence-electron chi connectivity index (χ1n) is 6.45. The van der Waals surface area contributed by atoms with Crippen LogP contribution >= 0.6 is 28.1 Å². The fourth-order valence-corrected chi connectivity index (χ4v) is 2.35. The van der Waals surface area contributed by atoms with Crippen molar-refractivity contribution in [3.05, 3.63) is 64.7 Å². The van der Waals surface area contributed by atoms with Crippen molar-refractivity contribution in [2.45, 2.75) is 0 Å². The van der Waals surface area contributed by atoms with E-state index in [-0.39, 0.29) is 17.2 Å². The minimum atomic E-state index is -0.490. The van der Waals surface area contributed by atoms with E-state index in [2.05, 4.69) is 27.8 Å². The standard InChI is InChI=1S/C16H13BrN2O2S/c1-2-10-19-15(21)13(14(20)18-16(19)22)5-3-4-11-6-8-12(17)9-7-11/h2-9H,1,10H2,(H,18,20,22)/b4-3+,13-5-. The third-order valence-corrected chi connectivity index (χ3v) is 3.77. The molecule has 1 heterocycles. The molecule has 0 saturated carbocycles. The Morgan fingerprint density at radius 3 is 2.59 bits per heavy atom. The van der Waals surface area contributed by atoms with E-state index in [1.165, 1.54) is 11.0 Å². The molecule has 0 spiro atoms. The van der Waals surface area contributed by atoms with E-state index < -0.39 is 11.8 Å². The molecule has 6 heteroatoms. The molecule has 2 amide bonds. The number of carbonyl (C=O) groups excluding carboxylic acids is 2. The summed E-state index contributed by atoms with van der Waals surface area (Å²) in [6.45, 7) is 3.83. The number of amides is 2. The van der Waals surface area contributed by atoms with Gasteiger partial charge in [-0.05, 0) is 36.0 Å². The van der Waals surface area contributed by atoms with Crippen LogP contribution in [0.25, 0.3) is 6.08 Å². The van der Waals surface area contributed by atoms with Gasteiger partial charge in [0.05, 0.1) is 0 Å². The van der Waals surface area contributed by atoms with Gasteiger partial charge in [-0.2, -0.15) is 0 Å². The van der Waals surface area contributed by atoms with Crippen molar-refractivity contribution in [1.29, 1.82) is 0 Å². The molecule has 1 aliphatic heterocycles. The van der Waals surface area contributed by atoms with Gasteiger partial charge < -0.3 is 0 Å².